The molecule has 0 aromatic carbocycles. The summed E-state index contributed by atoms with van der Waals surface area (Å²) >= 11 is 0. The number of rotatable bonds is 2. The molecule has 1 heterocycles. The van der Waals surface area contributed by atoms with Crippen molar-refractivity contribution in [3.63, 3.8) is 0 Å². The molecule has 1 fully saturated rings. The van der Waals surface area contributed by atoms with Gasteiger partial charge in [-0.15, -0.1) is 0 Å². The fraction of sp³-hybridized carbons (Fsp3) is 1.00. The van der Waals surface area contributed by atoms with Gasteiger partial charge in [-0.25, -0.2) is 0 Å². The topological polar surface area (TPSA) is 43.7 Å². The van der Waals surface area contributed by atoms with Crippen LogP contribution >= 0.6 is 0 Å². The Morgan fingerprint density at radius 1 is 1.13 bits per heavy atom. The third kappa shape index (κ3) is 2.92. The quantitative estimate of drug-likeness (QED) is 0.687. The summed E-state index contributed by atoms with van der Waals surface area (Å²) in [5.41, 5.74) is -0.133. The molecule has 3 heteroatoms. The van der Waals surface area contributed by atoms with Crippen molar-refractivity contribution < 1.29 is 10.2 Å². The van der Waals surface area contributed by atoms with Crippen molar-refractivity contribution in [2.24, 2.45) is 5.92 Å². The van der Waals surface area contributed by atoms with E-state index in [9.17, 15) is 10.2 Å². The van der Waals surface area contributed by atoms with Crippen LogP contribution in [0.4, 0.5) is 0 Å². The molecule has 0 spiro atoms. The van der Waals surface area contributed by atoms with Gasteiger partial charge < -0.3 is 10.2 Å². The average molecular weight is 215 g/mol. The van der Waals surface area contributed by atoms with Crippen LogP contribution in [0.1, 0.15) is 47.5 Å². The van der Waals surface area contributed by atoms with Crippen molar-refractivity contribution >= 4 is 0 Å². The van der Waals surface area contributed by atoms with Crippen LogP contribution in [0.3, 0.4) is 0 Å². The number of hydrogen-bond donors (Lipinski definition) is 2. The SMILES string of the molecule is CC(C)C(C)N1CCC(O)(O)CC1(C)C. The van der Waals surface area contributed by atoms with Gasteiger partial charge in [0.2, 0.25) is 0 Å². The molecule has 1 saturated heterocycles. The number of likely N-dealkylation sites (tertiary alicyclic amines) is 1. The molecular weight excluding hydrogens is 190 g/mol. The van der Waals surface area contributed by atoms with Crippen molar-refractivity contribution in [2.75, 3.05) is 6.54 Å². The van der Waals surface area contributed by atoms with E-state index in [1.54, 1.807) is 0 Å². The van der Waals surface area contributed by atoms with Crippen molar-refractivity contribution in [3.8, 4) is 0 Å². The Balaban J connectivity index is 2.77. The second kappa shape index (κ2) is 4.04. The van der Waals surface area contributed by atoms with Gasteiger partial charge >= 0.3 is 0 Å². The van der Waals surface area contributed by atoms with E-state index in [0.717, 1.165) is 6.54 Å². The normalized spacial score (nSPS) is 28.0. The van der Waals surface area contributed by atoms with Gasteiger partial charge in [0, 0.05) is 31.0 Å². The van der Waals surface area contributed by atoms with Crippen LogP contribution in [0.2, 0.25) is 0 Å². The van der Waals surface area contributed by atoms with E-state index in [-0.39, 0.29) is 5.54 Å². The zero-order chi connectivity index (χ0) is 11.9. The lowest BCUT2D eigenvalue weighted by molar-refractivity contribution is -0.219. The van der Waals surface area contributed by atoms with Crippen LogP contribution in [0.25, 0.3) is 0 Å². The third-order valence-electron chi connectivity index (χ3n) is 3.70. The van der Waals surface area contributed by atoms with E-state index < -0.39 is 5.79 Å². The van der Waals surface area contributed by atoms with Crippen LogP contribution in [0, 0.1) is 5.92 Å². The van der Waals surface area contributed by atoms with Gasteiger partial charge in [-0.3, -0.25) is 4.90 Å². The van der Waals surface area contributed by atoms with Gasteiger partial charge in [-0.1, -0.05) is 13.8 Å². The summed E-state index contributed by atoms with van der Waals surface area (Å²) in [6, 6.07) is 0.482. The van der Waals surface area contributed by atoms with Gasteiger partial charge in [0.15, 0.2) is 5.79 Å². The Bertz CT molecular complexity index is 224. The Morgan fingerprint density at radius 3 is 2.07 bits per heavy atom. The van der Waals surface area contributed by atoms with Crippen LogP contribution in [0.5, 0.6) is 0 Å². The van der Waals surface area contributed by atoms with Crippen LogP contribution in [0.15, 0.2) is 0 Å². The van der Waals surface area contributed by atoms with E-state index in [1.807, 2.05) is 0 Å². The lowest BCUT2D eigenvalue weighted by atomic mass is 9.83. The average Bonchev–Trinajstić information content (AvgIpc) is 1.99. The maximum Gasteiger partial charge on any atom is 0.165 e. The summed E-state index contributed by atoms with van der Waals surface area (Å²) in [6.07, 6.45) is 0.880. The Hall–Kier alpha value is -0.120. The molecular formula is C12H25NO2. The zero-order valence-electron chi connectivity index (χ0n) is 10.6. The van der Waals surface area contributed by atoms with Crippen molar-refractivity contribution in [2.45, 2.75) is 64.8 Å². The second-order valence-corrected chi connectivity index (χ2v) is 5.90. The first-order valence-electron chi connectivity index (χ1n) is 5.87. The van der Waals surface area contributed by atoms with E-state index in [4.69, 9.17) is 0 Å². The highest BCUT2D eigenvalue weighted by molar-refractivity contribution is 4.95. The van der Waals surface area contributed by atoms with E-state index in [0.29, 0.717) is 24.8 Å². The second-order valence-electron chi connectivity index (χ2n) is 5.90. The van der Waals surface area contributed by atoms with E-state index in [2.05, 4.69) is 39.5 Å². The Labute approximate surface area is 93.1 Å². The summed E-state index contributed by atoms with van der Waals surface area (Å²) in [4.78, 5) is 2.39. The molecule has 15 heavy (non-hydrogen) atoms. The van der Waals surface area contributed by atoms with Crippen LogP contribution < -0.4 is 0 Å². The molecule has 2 N–H and O–H groups in total. The predicted molar refractivity (Wildman–Crippen MR) is 61.5 cm³/mol. The first-order chi connectivity index (χ1) is 6.66. The molecule has 1 atom stereocenters. The monoisotopic (exact) mass is 215 g/mol. The Kier molecular flexibility index (Phi) is 3.49. The van der Waals surface area contributed by atoms with Crippen LogP contribution in [-0.4, -0.2) is 39.0 Å². The summed E-state index contributed by atoms with van der Waals surface area (Å²) < 4.78 is 0. The maximum absolute atomic E-state index is 9.68. The number of nitrogens with zero attached hydrogens (tertiary/aromatic N) is 1. The molecule has 90 valence electrons. The molecule has 0 bridgehead atoms. The van der Waals surface area contributed by atoms with Gasteiger partial charge in [-0.05, 0) is 26.7 Å². The number of piperidine rings is 1. The van der Waals surface area contributed by atoms with Crippen molar-refractivity contribution in [3.05, 3.63) is 0 Å². The summed E-state index contributed by atoms with van der Waals surface area (Å²) in [7, 11) is 0. The first kappa shape index (κ1) is 12.9. The molecule has 1 rings (SSSR count). The minimum absolute atomic E-state index is 0.133. The molecule has 0 amide bonds. The van der Waals surface area contributed by atoms with Crippen molar-refractivity contribution in [1.29, 1.82) is 0 Å². The predicted octanol–water partition coefficient (Wildman–Crippen LogP) is 1.59. The zero-order valence-corrected chi connectivity index (χ0v) is 10.6. The van der Waals surface area contributed by atoms with Gasteiger partial charge in [0.25, 0.3) is 0 Å². The third-order valence-corrected chi connectivity index (χ3v) is 3.70. The van der Waals surface area contributed by atoms with Crippen molar-refractivity contribution in [1.82, 2.24) is 4.90 Å². The fourth-order valence-electron chi connectivity index (χ4n) is 2.60. The van der Waals surface area contributed by atoms with Crippen LogP contribution in [-0.2, 0) is 0 Å². The molecule has 1 aliphatic rings. The summed E-state index contributed by atoms with van der Waals surface area (Å²) in [6.45, 7) is 11.6. The summed E-state index contributed by atoms with van der Waals surface area (Å²) in [5.74, 6) is -0.884. The Morgan fingerprint density at radius 2 is 1.67 bits per heavy atom. The minimum atomic E-state index is -1.48. The van der Waals surface area contributed by atoms with Gasteiger partial charge in [0.1, 0.15) is 0 Å². The molecule has 0 aliphatic carbocycles. The molecule has 1 aliphatic heterocycles. The molecule has 0 radical (unpaired) electrons. The number of aliphatic hydroxyl groups is 2. The maximum atomic E-state index is 9.68. The highest BCUT2D eigenvalue weighted by atomic mass is 16.5. The number of hydrogen-bond acceptors (Lipinski definition) is 3. The standard InChI is InChI=1S/C12H25NO2/c1-9(2)10(3)13-7-6-12(14,15)8-11(13,4)5/h9-10,14-15H,6-8H2,1-5H3. The lowest BCUT2D eigenvalue weighted by Crippen LogP contribution is -2.59. The highest BCUT2D eigenvalue weighted by Gasteiger charge is 2.43. The van der Waals surface area contributed by atoms with Gasteiger partial charge in [0.05, 0.1) is 0 Å². The van der Waals surface area contributed by atoms with E-state index >= 15 is 0 Å². The summed E-state index contributed by atoms with van der Waals surface area (Å²) in [5, 5.41) is 19.4. The smallest absolute Gasteiger partial charge is 0.165 e. The fourth-order valence-corrected chi connectivity index (χ4v) is 2.60. The largest absolute Gasteiger partial charge is 0.365 e. The first-order valence-corrected chi connectivity index (χ1v) is 5.87. The minimum Gasteiger partial charge on any atom is -0.365 e. The molecule has 0 aromatic rings. The van der Waals surface area contributed by atoms with Gasteiger partial charge in [-0.2, -0.15) is 0 Å². The molecule has 0 aromatic heterocycles. The molecule has 0 saturated carbocycles. The molecule has 3 nitrogen and oxygen atoms in total. The highest BCUT2D eigenvalue weighted by Crippen LogP contribution is 2.35. The lowest BCUT2D eigenvalue weighted by Gasteiger charge is -2.51. The van der Waals surface area contributed by atoms with E-state index in [1.165, 1.54) is 0 Å². The molecule has 1 unspecified atom stereocenters.